The van der Waals surface area contributed by atoms with Crippen molar-refractivity contribution in [2.75, 3.05) is 5.88 Å². The van der Waals surface area contributed by atoms with E-state index in [1.165, 1.54) is 0 Å². The van der Waals surface area contributed by atoms with E-state index in [9.17, 15) is 0 Å². The van der Waals surface area contributed by atoms with Crippen LogP contribution in [0.3, 0.4) is 0 Å². The van der Waals surface area contributed by atoms with E-state index in [4.69, 9.17) is 11.6 Å². The first-order valence-electron chi connectivity index (χ1n) is 6.18. The van der Waals surface area contributed by atoms with Gasteiger partial charge in [0.05, 0.1) is 11.0 Å². The number of halogens is 3. The molecule has 1 aromatic heterocycles. The average Bonchev–Trinajstić information content (AvgIpc) is 2.78. The zero-order valence-electron chi connectivity index (χ0n) is 10.5. The molecule has 1 heterocycles. The number of nitrogens with zero attached hydrogens (tertiary/aromatic N) is 2. The fourth-order valence-electron chi connectivity index (χ4n) is 2.23. The van der Waals surface area contributed by atoms with E-state index in [0.717, 1.165) is 37.9 Å². The van der Waals surface area contributed by atoms with Crippen LogP contribution in [0.2, 0.25) is 0 Å². The molecule has 2 aromatic carbocycles. The van der Waals surface area contributed by atoms with Crippen molar-refractivity contribution in [3.8, 4) is 5.69 Å². The summed E-state index contributed by atoms with van der Waals surface area (Å²) in [7, 11) is 0. The van der Waals surface area contributed by atoms with Gasteiger partial charge in [-0.2, -0.15) is 0 Å². The lowest BCUT2D eigenvalue weighted by molar-refractivity contribution is 0.912. The summed E-state index contributed by atoms with van der Waals surface area (Å²) in [4.78, 5) is 4.69. The maximum absolute atomic E-state index is 5.91. The van der Waals surface area contributed by atoms with E-state index in [-0.39, 0.29) is 0 Å². The Morgan fingerprint density at radius 2 is 1.70 bits per heavy atom. The predicted molar refractivity (Wildman–Crippen MR) is 90.9 cm³/mol. The molecule has 3 aromatic rings. The molecular formula is C15H11Br2ClN2. The van der Waals surface area contributed by atoms with Gasteiger partial charge in [-0.25, -0.2) is 4.98 Å². The summed E-state index contributed by atoms with van der Waals surface area (Å²) < 4.78 is 4.26. The SMILES string of the molecule is ClCCc1nc2ccc(Br)cc2n1-c1ccc(Br)cc1. The first-order valence-corrected chi connectivity index (χ1v) is 8.30. The molecule has 20 heavy (non-hydrogen) atoms. The molecule has 0 aliphatic heterocycles. The lowest BCUT2D eigenvalue weighted by atomic mass is 10.2. The van der Waals surface area contributed by atoms with Gasteiger partial charge in [0.2, 0.25) is 0 Å². The van der Waals surface area contributed by atoms with E-state index in [0.29, 0.717) is 5.88 Å². The molecule has 0 saturated carbocycles. The summed E-state index contributed by atoms with van der Waals surface area (Å²) in [6, 6.07) is 14.3. The number of alkyl halides is 1. The van der Waals surface area contributed by atoms with E-state index in [1.54, 1.807) is 0 Å². The second-order valence-electron chi connectivity index (χ2n) is 4.41. The van der Waals surface area contributed by atoms with Crippen LogP contribution in [-0.4, -0.2) is 15.4 Å². The molecule has 2 nitrogen and oxygen atoms in total. The highest BCUT2D eigenvalue weighted by atomic mass is 79.9. The highest BCUT2D eigenvalue weighted by Gasteiger charge is 2.12. The molecule has 0 fully saturated rings. The van der Waals surface area contributed by atoms with Gasteiger partial charge in [0.15, 0.2) is 0 Å². The first-order chi connectivity index (χ1) is 9.69. The standard InChI is InChI=1S/C15H11Br2ClN2/c16-10-1-4-12(5-2-10)20-14-9-11(17)3-6-13(14)19-15(20)7-8-18/h1-6,9H,7-8H2. The quantitative estimate of drug-likeness (QED) is 0.530. The number of hydrogen-bond donors (Lipinski definition) is 0. The Morgan fingerprint density at radius 1 is 1.00 bits per heavy atom. The van der Waals surface area contributed by atoms with Gasteiger partial charge < -0.3 is 0 Å². The van der Waals surface area contributed by atoms with Gasteiger partial charge in [0.25, 0.3) is 0 Å². The van der Waals surface area contributed by atoms with Gasteiger partial charge in [-0.1, -0.05) is 31.9 Å². The van der Waals surface area contributed by atoms with Crippen LogP contribution in [0.25, 0.3) is 16.7 Å². The largest absolute Gasteiger partial charge is 0.296 e. The monoisotopic (exact) mass is 412 g/mol. The minimum Gasteiger partial charge on any atom is -0.296 e. The average molecular weight is 415 g/mol. The number of imidazole rings is 1. The molecule has 0 N–H and O–H groups in total. The number of rotatable bonds is 3. The lowest BCUT2D eigenvalue weighted by Crippen LogP contribution is -2.02. The highest BCUT2D eigenvalue weighted by molar-refractivity contribution is 9.10. The Bertz CT molecular complexity index is 750. The number of aryl methyl sites for hydroxylation is 1. The minimum absolute atomic E-state index is 0.557. The van der Waals surface area contributed by atoms with E-state index < -0.39 is 0 Å². The number of benzene rings is 2. The van der Waals surface area contributed by atoms with Gasteiger partial charge in [-0.15, -0.1) is 11.6 Å². The molecule has 0 spiro atoms. The molecule has 0 unspecified atom stereocenters. The zero-order chi connectivity index (χ0) is 14.1. The maximum atomic E-state index is 5.91. The Kier molecular flexibility index (Phi) is 4.15. The third kappa shape index (κ3) is 2.65. The summed E-state index contributed by atoms with van der Waals surface area (Å²) in [6.45, 7) is 0. The zero-order valence-corrected chi connectivity index (χ0v) is 14.4. The Balaban J connectivity index is 2.27. The van der Waals surface area contributed by atoms with Crippen LogP contribution < -0.4 is 0 Å². The van der Waals surface area contributed by atoms with Gasteiger partial charge >= 0.3 is 0 Å². The Labute approximate surface area is 139 Å². The van der Waals surface area contributed by atoms with Crippen molar-refractivity contribution in [1.29, 1.82) is 0 Å². The van der Waals surface area contributed by atoms with Gasteiger partial charge in [-0.05, 0) is 42.5 Å². The third-order valence-electron chi connectivity index (χ3n) is 3.09. The van der Waals surface area contributed by atoms with Crippen molar-refractivity contribution in [2.45, 2.75) is 6.42 Å². The second-order valence-corrected chi connectivity index (χ2v) is 6.62. The van der Waals surface area contributed by atoms with Gasteiger partial charge in [-0.3, -0.25) is 4.57 Å². The molecule has 0 aliphatic rings. The van der Waals surface area contributed by atoms with Crippen molar-refractivity contribution >= 4 is 54.5 Å². The molecular weight excluding hydrogens is 403 g/mol. The van der Waals surface area contributed by atoms with Gasteiger partial charge in [0, 0.05) is 26.9 Å². The molecule has 0 bridgehead atoms. The summed E-state index contributed by atoms with van der Waals surface area (Å²) in [5.74, 6) is 1.54. The topological polar surface area (TPSA) is 17.8 Å². The van der Waals surface area contributed by atoms with Gasteiger partial charge in [0.1, 0.15) is 5.82 Å². The van der Waals surface area contributed by atoms with Crippen LogP contribution in [0, 0.1) is 0 Å². The summed E-state index contributed by atoms with van der Waals surface area (Å²) >= 11 is 12.9. The third-order valence-corrected chi connectivity index (χ3v) is 4.30. The van der Waals surface area contributed by atoms with E-state index in [2.05, 4.69) is 59.6 Å². The van der Waals surface area contributed by atoms with Crippen molar-refractivity contribution in [3.63, 3.8) is 0 Å². The van der Waals surface area contributed by atoms with Crippen molar-refractivity contribution in [3.05, 3.63) is 57.2 Å². The smallest absolute Gasteiger partial charge is 0.115 e. The second kappa shape index (κ2) is 5.88. The van der Waals surface area contributed by atoms with E-state index in [1.807, 2.05) is 24.3 Å². The van der Waals surface area contributed by atoms with Crippen LogP contribution in [-0.2, 0) is 6.42 Å². The lowest BCUT2D eigenvalue weighted by Gasteiger charge is -2.09. The van der Waals surface area contributed by atoms with Crippen LogP contribution >= 0.6 is 43.5 Å². The van der Waals surface area contributed by atoms with Crippen molar-refractivity contribution < 1.29 is 0 Å². The Hall–Kier alpha value is -0.840. The molecule has 102 valence electrons. The predicted octanol–water partition coefficient (Wildman–Crippen LogP) is 5.33. The van der Waals surface area contributed by atoms with Crippen LogP contribution in [0.15, 0.2) is 51.4 Å². The molecule has 3 rings (SSSR count). The normalized spacial score (nSPS) is 11.2. The summed E-state index contributed by atoms with van der Waals surface area (Å²) in [5.41, 5.74) is 3.16. The van der Waals surface area contributed by atoms with Crippen LogP contribution in [0.5, 0.6) is 0 Å². The first kappa shape index (κ1) is 14.1. The molecule has 0 amide bonds. The minimum atomic E-state index is 0.557. The van der Waals surface area contributed by atoms with Crippen molar-refractivity contribution in [2.24, 2.45) is 0 Å². The Morgan fingerprint density at radius 3 is 2.40 bits per heavy atom. The maximum Gasteiger partial charge on any atom is 0.115 e. The highest BCUT2D eigenvalue weighted by Crippen LogP contribution is 2.26. The van der Waals surface area contributed by atoms with Crippen molar-refractivity contribution in [1.82, 2.24) is 9.55 Å². The summed E-state index contributed by atoms with van der Waals surface area (Å²) in [5, 5.41) is 0. The fraction of sp³-hybridized carbons (Fsp3) is 0.133. The molecule has 0 saturated heterocycles. The molecule has 5 heteroatoms. The summed E-state index contributed by atoms with van der Waals surface area (Å²) in [6.07, 6.45) is 0.740. The number of fused-ring (bicyclic) bond motifs is 1. The number of hydrogen-bond acceptors (Lipinski definition) is 1. The molecule has 0 atom stereocenters. The van der Waals surface area contributed by atoms with Crippen LogP contribution in [0.4, 0.5) is 0 Å². The van der Waals surface area contributed by atoms with E-state index >= 15 is 0 Å². The number of aromatic nitrogens is 2. The fourth-order valence-corrected chi connectivity index (χ4v) is 3.01. The molecule has 0 aliphatic carbocycles. The van der Waals surface area contributed by atoms with Crippen LogP contribution in [0.1, 0.15) is 5.82 Å². The molecule has 0 radical (unpaired) electrons.